The molecule has 0 aromatic heterocycles. The third kappa shape index (κ3) is 2.56. The fourth-order valence-electron chi connectivity index (χ4n) is 0.929. The summed E-state index contributed by atoms with van der Waals surface area (Å²) in [4.78, 5) is 0. The highest BCUT2D eigenvalue weighted by molar-refractivity contribution is 7.98. The highest BCUT2D eigenvalue weighted by Gasteiger charge is 2.03. The van der Waals surface area contributed by atoms with Gasteiger partial charge in [-0.05, 0) is 11.8 Å². The van der Waals surface area contributed by atoms with Crippen molar-refractivity contribution in [1.82, 2.24) is 0 Å². The lowest BCUT2D eigenvalue weighted by molar-refractivity contribution is 0.204. The van der Waals surface area contributed by atoms with Gasteiger partial charge in [-0.1, -0.05) is 30.3 Å². The quantitative estimate of drug-likeness (QED) is 0.745. The fraction of sp³-hybridized carbons (Fsp3) is 0.333. The molecule has 0 saturated heterocycles. The predicted molar refractivity (Wildman–Crippen MR) is 49.8 cm³/mol. The zero-order chi connectivity index (χ0) is 8.10. The first-order chi connectivity index (χ1) is 5.34. The molecule has 11 heavy (non-hydrogen) atoms. The van der Waals surface area contributed by atoms with Gasteiger partial charge in [0.1, 0.15) is 0 Å². The second-order valence-corrected chi connectivity index (χ2v) is 3.29. The van der Waals surface area contributed by atoms with E-state index in [0.29, 0.717) is 0 Å². The first-order valence-electron chi connectivity index (χ1n) is 3.56. The molecule has 0 fully saturated rings. The van der Waals surface area contributed by atoms with Crippen molar-refractivity contribution in [2.75, 3.05) is 12.0 Å². The van der Waals surface area contributed by atoms with Gasteiger partial charge in [-0.25, -0.2) is 0 Å². The van der Waals surface area contributed by atoms with Crippen LogP contribution in [0.15, 0.2) is 30.3 Å². The van der Waals surface area contributed by atoms with Crippen LogP contribution in [0, 0.1) is 0 Å². The van der Waals surface area contributed by atoms with Crippen LogP contribution in [-0.2, 0) is 0 Å². The van der Waals surface area contributed by atoms with Gasteiger partial charge >= 0.3 is 0 Å². The summed E-state index contributed by atoms with van der Waals surface area (Å²) < 4.78 is 0. The molecule has 0 unspecified atom stereocenters. The summed E-state index contributed by atoms with van der Waals surface area (Å²) in [5, 5.41) is 9.50. The lowest BCUT2D eigenvalue weighted by atomic mass is 10.1. The third-order valence-corrected chi connectivity index (χ3v) is 2.16. The van der Waals surface area contributed by atoms with Crippen LogP contribution in [0.3, 0.4) is 0 Å². The third-order valence-electron chi connectivity index (χ3n) is 1.51. The van der Waals surface area contributed by atoms with Crippen LogP contribution in [0.5, 0.6) is 0 Å². The van der Waals surface area contributed by atoms with E-state index in [1.165, 1.54) is 0 Å². The van der Waals surface area contributed by atoms with Crippen molar-refractivity contribution in [1.29, 1.82) is 0 Å². The molecule has 1 rings (SSSR count). The van der Waals surface area contributed by atoms with Crippen molar-refractivity contribution in [3.8, 4) is 0 Å². The first-order valence-corrected chi connectivity index (χ1v) is 4.96. The van der Waals surface area contributed by atoms with E-state index >= 15 is 0 Å². The zero-order valence-corrected chi connectivity index (χ0v) is 7.34. The molecule has 0 aliphatic heterocycles. The summed E-state index contributed by atoms with van der Waals surface area (Å²) in [5.41, 5.74) is 1.00. The van der Waals surface area contributed by atoms with Crippen LogP contribution in [0.4, 0.5) is 0 Å². The highest BCUT2D eigenvalue weighted by atomic mass is 32.2. The molecule has 1 N–H and O–H groups in total. The topological polar surface area (TPSA) is 20.2 Å². The van der Waals surface area contributed by atoms with Crippen molar-refractivity contribution in [2.24, 2.45) is 0 Å². The summed E-state index contributed by atoms with van der Waals surface area (Å²) in [6, 6.07) is 9.73. The Bertz CT molecular complexity index is 198. The van der Waals surface area contributed by atoms with E-state index in [-0.39, 0.29) is 6.10 Å². The van der Waals surface area contributed by atoms with E-state index in [4.69, 9.17) is 0 Å². The molecule has 1 aromatic rings. The Balaban J connectivity index is 2.61. The summed E-state index contributed by atoms with van der Waals surface area (Å²) in [5.74, 6) is 0.768. The minimum atomic E-state index is -0.314. The molecule has 2 heteroatoms. The fourth-order valence-corrected chi connectivity index (χ4v) is 1.44. The molecule has 0 aliphatic carbocycles. The van der Waals surface area contributed by atoms with E-state index in [1.807, 2.05) is 36.6 Å². The van der Waals surface area contributed by atoms with Crippen LogP contribution in [0.25, 0.3) is 0 Å². The standard InChI is InChI=1S/C9H12OS/c1-11-7-9(10)8-5-3-2-4-6-8/h2-6,9-10H,7H2,1H3/t9-/m0/s1. The SMILES string of the molecule is CSC[C@H](O)c1ccccc1. The second kappa shape index (κ2) is 4.42. The Kier molecular flexibility index (Phi) is 3.46. The maximum Gasteiger partial charge on any atom is 0.0880 e. The summed E-state index contributed by atoms with van der Waals surface area (Å²) >= 11 is 1.65. The summed E-state index contributed by atoms with van der Waals surface area (Å²) in [7, 11) is 0. The molecule has 0 heterocycles. The molecule has 0 bridgehead atoms. The van der Waals surface area contributed by atoms with E-state index in [2.05, 4.69) is 0 Å². The Morgan fingerprint density at radius 3 is 2.55 bits per heavy atom. The van der Waals surface area contributed by atoms with E-state index in [0.717, 1.165) is 11.3 Å². The molecule has 0 radical (unpaired) electrons. The maximum absolute atomic E-state index is 9.50. The number of hydrogen-bond acceptors (Lipinski definition) is 2. The Morgan fingerprint density at radius 2 is 2.00 bits per heavy atom. The van der Waals surface area contributed by atoms with Gasteiger partial charge in [-0.15, -0.1) is 0 Å². The molecule has 1 nitrogen and oxygen atoms in total. The van der Waals surface area contributed by atoms with Gasteiger partial charge in [-0.2, -0.15) is 11.8 Å². The summed E-state index contributed by atoms with van der Waals surface area (Å²) in [6.45, 7) is 0. The van der Waals surface area contributed by atoms with Gasteiger partial charge in [-0.3, -0.25) is 0 Å². The molecular formula is C9H12OS. The van der Waals surface area contributed by atoms with Crippen molar-refractivity contribution < 1.29 is 5.11 Å². The molecule has 0 amide bonds. The number of rotatable bonds is 3. The number of benzene rings is 1. The van der Waals surface area contributed by atoms with Crippen molar-refractivity contribution in [3.05, 3.63) is 35.9 Å². The highest BCUT2D eigenvalue weighted by Crippen LogP contribution is 2.15. The van der Waals surface area contributed by atoms with Crippen molar-refractivity contribution in [2.45, 2.75) is 6.10 Å². The van der Waals surface area contributed by atoms with E-state index < -0.39 is 0 Å². The van der Waals surface area contributed by atoms with Gasteiger partial charge in [0.05, 0.1) is 6.10 Å². The lowest BCUT2D eigenvalue weighted by Crippen LogP contribution is -1.98. The molecule has 0 saturated carbocycles. The van der Waals surface area contributed by atoms with Crippen LogP contribution >= 0.6 is 11.8 Å². The van der Waals surface area contributed by atoms with Crippen molar-refractivity contribution >= 4 is 11.8 Å². The maximum atomic E-state index is 9.50. The average Bonchev–Trinajstić information content (AvgIpc) is 2.07. The predicted octanol–water partition coefficient (Wildman–Crippen LogP) is 2.08. The Morgan fingerprint density at radius 1 is 1.36 bits per heavy atom. The van der Waals surface area contributed by atoms with Crippen LogP contribution in [0.1, 0.15) is 11.7 Å². The molecule has 60 valence electrons. The van der Waals surface area contributed by atoms with E-state index in [9.17, 15) is 5.11 Å². The first kappa shape index (κ1) is 8.62. The van der Waals surface area contributed by atoms with Crippen LogP contribution in [-0.4, -0.2) is 17.1 Å². The molecular weight excluding hydrogens is 156 g/mol. The zero-order valence-electron chi connectivity index (χ0n) is 6.53. The molecule has 0 aliphatic rings. The smallest absolute Gasteiger partial charge is 0.0880 e. The van der Waals surface area contributed by atoms with Gasteiger partial charge in [0.2, 0.25) is 0 Å². The van der Waals surface area contributed by atoms with Crippen LogP contribution < -0.4 is 0 Å². The number of hydrogen-bond donors (Lipinski definition) is 1. The Hall–Kier alpha value is -0.470. The van der Waals surface area contributed by atoms with Crippen LogP contribution in [0.2, 0.25) is 0 Å². The molecule has 1 aromatic carbocycles. The molecule has 1 atom stereocenters. The average molecular weight is 168 g/mol. The monoisotopic (exact) mass is 168 g/mol. The van der Waals surface area contributed by atoms with E-state index in [1.54, 1.807) is 11.8 Å². The summed E-state index contributed by atoms with van der Waals surface area (Å²) in [6.07, 6.45) is 1.68. The van der Waals surface area contributed by atoms with Gasteiger partial charge < -0.3 is 5.11 Å². The molecule has 0 spiro atoms. The van der Waals surface area contributed by atoms with Crippen molar-refractivity contribution in [3.63, 3.8) is 0 Å². The number of aliphatic hydroxyl groups is 1. The van der Waals surface area contributed by atoms with Gasteiger partial charge in [0.25, 0.3) is 0 Å². The van der Waals surface area contributed by atoms with Gasteiger partial charge in [0, 0.05) is 5.75 Å². The lowest BCUT2D eigenvalue weighted by Gasteiger charge is -2.07. The largest absolute Gasteiger partial charge is 0.388 e. The van der Waals surface area contributed by atoms with Gasteiger partial charge in [0.15, 0.2) is 0 Å². The number of thioether (sulfide) groups is 1. The minimum absolute atomic E-state index is 0.314. The minimum Gasteiger partial charge on any atom is -0.388 e. The number of aliphatic hydroxyl groups excluding tert-OH is 1. The second-order valence-electron chi connectivity index (χ2n) is 2.38. The Labute approximate surface area is 71.4 Å². The normalized spacial score (nSPS) is 12.9.